The van der Waals surface area contributed by atoms with Gasteiger partial charge in [0.2, 0.25) is 5.95 Å². The molecule has 12 rings (SSSR count). The van der Waals surface area contributed by atoms with Gasteiger partial charge in [-0.1, -0.05) is 157 Å². The Labute approximate surface area is 370 Å². The van der Waals surface area contributed by atoms with Crippen LogP contribution in [-0.4, -0.2) is 24.1 Å². The van der Waals surface area contributed by atoms with Crippen LogP contribution in [0.2, 0.25) is 0 Å². The van der Waals surface area contributed by atoms with Crippen molar-refractivity contribution in [3.05, 3.63) is 187 Å². The smallest absolute Gasteiger partial charge is 0.238 e. The number of benzene rings is 8. The molecule has 0 aliphatic rings. The van der Waals surface area contributed by atoms with Crippen molar-refractivity contribution in [2.75, 3.05) is 0 Å². The predicted molar refractivity (Wildman–Crippen MR) is 232 cm³/mol. The monoisotopic (exact) mass is 760 g/mol. The second-order valence-electron chi connectivity index (χ2n) is 12.1. The van der Waals surface area contributed by atoms with Gasteiger partial charge in [-0.3, -0.25) is 4.57 Å². The van der Waals surface area contributed by atoms with Crippen molar-refractivity contribution in [1.82, 2.24) is 24.1 Å². The van der Waals surface area contributed by atoms with Crippen molar-refractivity contribution in [1.29, 1.82) is 0 Å². The summed E-state index contributed by atoms with van der Waals surface area (Å²) in [4.78, 5) is 13.3. The summed E-state index contributed by atoms with van der Waals surface area (Å²) in [6, 6.07) is -29.1. The first-order valence-electron chi connectivity index (χ1n) is 32.1. The molecule has 0 amide bonds. The van der Waals surface area contributed by atoms with Gasteiger partial charge in [-0.2, -0.15) is 9.97 Å². The van der Waals surface area contributed by atoms with Crippen LogP contribution < -0.4 is 0 Å². The lowest BCUT2D eigenvalue weighted by Crippen LogP contribution is -2.07. The summed E-state index contributed by atoms with van der Waals surface area (Å²) in [5.41, 5.74) is -8.13. The predicted octanol–water partition coefficient (Wildman–Crippen LogP) is 13.0. The average molecular weight is 761 g/mol. The second-order valence-corrected chi connectivity index (χ2v) is 12.1. The molecule has 0 atom stereocenters. The molecular formula is C51H31N5O. The molecule has 0 radical (unpaired) electrons. The molecule has 6 heteroatoms. The number of nitrogens with zero attached hydrogens (tertiary/aromatic N) is 5. The van der Waals surface area contributed by atoms with Crippen molar-refractivity contribution < 1.29 is 46.9 Å². The number of aromatic nitrogens is 5. The number of furan rings is 1. The maximum Gasteiger partial charge on any atom is 0.238 e. The Morgan fingerprint density at radius 3 is 1.54 bits per heavy atom. The minimum atomic E-state index is -1.06. The number of rotatable bonds is 5. The molecule has 0 unspecified atom stereocenters. The molecule has 4 aromatic heterocycles. The summed E-state index contributed by atoms with van der Waals surface area (Å²) in [7, 11) is 0. The lowest BCUT2D eigenvalue weighted by molar-refractivity contribution is 0.669. The number of para-hydroxylation sites is 3. The van der Waals surface area contributed by atoms with Gasteiger partial charge in [-0.15, -0.1) is 0 Å². The highest BCUT2D eigenvalue weighted by molar-refractivity contribution is 6.24. The van der Waals surface area contributed by atoms with E-state index in [4.69, 9.17) is 34.6 Å². The van der Waals surface area contributed by atoms with Crippen molar-refractivity contribution in [2.45, 2.75) is 0 Å². The topological polar surface area (TPSA) is 61.7 Å². The zero-order valence-electron chi connectivity index (χ0n) is 59.1. The van der Waals surface area contributed by atoms with E-state index in [0.717, 1.165) is 9.13 Å². The fraction of sp³-hybridized carbons (Fsp3) is 0. The highest BCUT2D eigenvalue weighted by atomic mass is 16.3. The van der Waals surface area contributed by atoms with E-state index < -0.39 is 298 Å². The number of hydrogen-bond donors (Lipinski definition) is 0. The molecule has 6 nitrogen and oxygen atoms in total. The average Bonchev–Trinajstić information content (AvgIpc) is 1.51. The lowest BCUT2D eigenvalue weighted by Gasteiger charge is -2.13. The van der Waals surface area contributed by atoms with Crippen molar-refractivity contribution in [2.24, 2.45) is 0 Å². The molecule has 0 bridgehead atoms. The van der Waals surface area contributed by atoms with Crippen LogP contribution in [0.15, 0.2) is 192 Å². The maximum atomic E-state index is 10.1. The van der Waals surface area contributed by atoms with E-state index in [1.54, 1.807) is 0 Å². The molecule has 8 aromatic carbocycles. The third-order valence-electron chi connectivity index (χ3n) is 9.03. The van der Waals surface area contributed by atoms with Crippen LogP contribution >= 0.6 is 0 Å². The van der Waals surface area contributed by atoms with Crippen LogP contribution in [-0.2, 0) is 0 Å². The third kappa shape index (κ3) is 4.81. The van der Waals surface area contributed by atoms with Crippen molar-refractivity contribution in [3.8, 4) is 45.5 Å². The van der Waals surface area contributed by atoms with Crippen molar-refractivity contribution >= 4 is 65.6 Å². The fourth-order valence-corrected chi connectivity index (χ4v) is 6.72. The van der Waals surface area contributed by atoms with Gasteiger partial charge < -0.3 is 8.98 Å². The van der Waals surface area contributed by atoms with Crippen LogP contribution in [0.5, 0.6) is 0 Å². The normalized spacial score (nSPS) is 19.5. The molecule has 12 aromatic rings. The van der Waals surface area contributed by atoms with E-state index in [2.05, 4.69) is 15.0 Å². The summed E-state index contributed by atoms with van der Waals surface area (Å²) < 4.78 is 287. The van der Waals surface area contributed by atoms with Crippen LogP contribution in [0.3, 0.4) is 0 Å². The molecule has 4 heterocycles. The Bertz CT molecular complexity index is 5190. The third-order valence-corrected chi connectivity index (χ3v) is 9.03. The van der Waals surface area contributed by atoms with Crippen LogP contribution in [0.25, 0.3) is 111 Å². The molecule has 0 aliphatic carbocycles. The quantitative estimate of drug-likeness (QED) is 0.175. The van der Waals surface area contributed by atoms with Gasteiger partial charge in [0.15, 0.2) is 11.6 Å². The summed E-state index contributed by atoms with van der Waals surface area (Å²) in [6.45, 7) is 0. The van der Waals surface area contributed by atoms with Gasteiger partial charge in [0.05, 0.1) is 70.2 Å². The Hall–Kier alpha value is -7.83. The van der Waals surface area contributed by atoms with E-state index in [9.17, 15) is 12.3 Å². The minimum Gasteiger partial charge on any atom is -0.455 e. The molecule has 0 spiro atoms. The van der Waals surface area contributed by atoms with E-state index in [0.29, 0.717) is 0 Å². The van der Waals surface area contributed by atoms with E-state index >= 15 is 0 Å². The Balaban J connectivity index is 1.38. The van der Waals surface area contributed by atoms with E-state index in [1.165, 1.54) is 0 Å². The SMILES string of the molecule is [2H]c1c([2H])c([2H])c(-c2nc(-c3c([2H])c([2H])c([2H])c([2H])c3[2H])nc(-n3c4c([2H])c([2H])c([2H])c([2H])c4c4c([2H])c([2H])c5c6c([2H])c([2H])c([2H])c([2H])c6n(-c6c([2H])c([2H])c7c(oc8c(-c9c([2H])c([2H])c([2H])c([2H])c9[2H])c([2H])c([2H])c([2H])c87)c6[2H])c5c43)n2)c([2H])c1[2H]. The molecule has 0 saturated carbocycles. The molecule has 57 heavy (non-hydrogen) atoms. The Morgan fingerprint density at radius 2 is 0.912 bits per heavy atom. The molecule has 0 fully saturated rings. The van der Waals surface area contributed by atoms with E-state index in [-0.39, 0.29) is 0 Å². The molecule has 266 valence electrons. The zero-order valence-corrected chi connectivity index (χ0v) is 28.1. The van der Waals surface area contributed by atoms with Gasteiger partial charge in [0.25, 0.3) is 0 Å². The van der Waals surface area contributed by atoms with Crippen LogP contribution in [0.4, 0.5) is 0 Å². The van der Waals surface area contributed by atoms with Gasteiger partial charge in [0, 0.05) is 55.1 Å². The number of hydrogen-bond acceptors (Lipinski definition) is 4. The maximum absolute atomic E-state index is 10.1. The number of fused-ring (bicyclic) bond motifs is 10. The first-order valence-corrected chi connectivity index (χ1v) is 16.6. The molecule has 0 N–H and O–H groups in total. The summed E-state index contributed by atoms with van der Waals surface area (Å²) in [5, 5.41) is -3.69. The van der Waals surface area contributed by atoms with Gasteiger partial charge in [-0.05, 0) is 29.7 Å². The summed E-state index contributed by atoms with van der Waals surface area (Å²) >= 11 is 0. The minimum absolute atomic E-state index is 0.557. The highest BCUT2D eigenvalue weighted by Crippen LogP contribution is 2.43. The Morgan fingerprint density at radius 1 is 0.404 bits per heavy atom. The summed E-state index contributed by atoms with van der Waals surface area (Å²) in [5.74, 6) is -2.78. The second kappa shape index (κ2) is 12.3. The largest absolute Gasteiger partial charge is 0.455 e. The highest BCUT2D eigenvalue weighted by Gasteiger charge is 2.24. The summed E-state index contributed by atoms with van der Waals surface area (Å²) in [6.07, 6.45) is 0. The first kappa shape index (κ1) is 13.7. The van der Waals surface area contributed by atoms with Gasteiger partial charge in [0.1, 0.15) is 11.2 Å². The van der Waals surface area contributed by atoms with E-state index in [1.807, 2.05) is 0 Å². The zero-order chi connectivity index (χ0) is 64.4. The van der Waals surface area contributed by atoms with Crippen molar-refractivity contribution in [3.63, 3.8) is 0 Å². The van der Waals surface area contributed by atoms with Crippen LogP contribution in [0.1, 0.15) is 42.5 Å². The standard InChI is InChI=1S/C51H31N5O/c1-4-15-32(16-5-1)36-23-14-24-42-39-28-27-35(31-45(39)57-48(36)42)55-43-25-12-10-21-37(43)40-29-30-41-38-22-11-13-26-44(38)56(47(41)46(40)55)51-53-49(33-17-6-2-7-18-33)52-50(54-51)34-19-8-3-9-20-34/h1-31H/i1D,2D,3D,4D,5D,6D,7D,8D,9D,10D,11D,12D,13D,14D,15D,16D,17D,18D,19D,20D,21D,22D,23D,24D,25D,26D,27D,28D,29D,30D,31D. The Kier molecular flexibility index (Phi) is 2.97. The lowest BCUT2D eigenvalue weighted by atomic mass is 10.0. The van der Waals surface area contributed by atoms with Gasteiger partial charge in [-0.25, -0.2) is 4.98 Å². The molecule has 0 saturated heterocycles. The van der Waals surface area contributed by atoms with Crippen LogP contribution in [0, 0.1) is 0 Å². The first-order chi connectivity index (χ1) is 41.2. The van der Waals surface area contributed by atoms with Gasteiger partial charge >= 0.3 is 0 Å². The molecule has 0 aliphatic heterocycles. The fourth-order valence-electron chi connectivity index (χ4n) is 6.72. The molecular weight excluding hydrogens is 699 g/mol.